The Morgan fingerprint density at radius 2 is 1.66 bits per heavy atom. The van der Waals surface area contributed by atoms with Gasteiger partial charge in [0, 0.05) is 5.56 Å². The molecule has 3 nitrogen and oxygen atoms in total. The first-order chi connectivity index (χ1) is 14.1. The third-order valence-electron chi connectivity index (χ3n) is 4.71. The topological polar surface area (TPSA) is 35.5 Å². The number of rotatable bonds is 8. The molecule has 0 saturated heterocycles. The lowest BCUT2D eigenvalue weighted by Crippen LogP contribution is -1.98. The van der Waals surface area contributed by atoms with Crippen LogP contribution in [0.25, 0.3) is 6.08 Å². The standard InChI is InChI=1S/C26H26O3/c1-19(2)22-11-13-23(14-12-22)24(27)15-9-20-10-16-25(26(17-20)28-3)29-18-21-7-5-4-6-8-21/h4-17,19H,18H2,1-3H3/b15-9+. The molecule has 148 valence electrons. The summed E-state index contributed by atoms with van der Waals surface area (Å²) in [7, 11) is 1.61. The number of hydrogen-bond donors (Lipinski definition) is 0. The lowest BCUT2D eigenvalue weighted by atomic mass is 10.0. The average molecular weight is 386 g/mol. The first-order valence-corrected chi connectivity index (χ1v) is 9.74. The molecule has 3 aromatic carbocycles. The molecule has 0 radical (unpaired) electrons. The van der Waals surface area contributed by atoms with Crippen molar-refractivity contribution in [1.82, 2.24) is 0 Å². The predicted molar refractivity (Wildman–Crippen MR) is 118 cm³/mol. The van der Waals surface area contributed by atoms with E-state index in [2.05, 4.69) is 13.8 Å². The Kier molecular flexibility index (Phi) is 6.85. The van der Waals surface area contributed by atoms with Crippen LogP contribution >= 0.6 is 0 Å². The van der Waals surface area contributed by atoms with Crippen molar-refractivity contribution in [3.05, 3.63) is 101 Å². The van der Waals surface area contributed by atoms with Gasteiger partial charge in [-0.05, 0) is 40.8 Å². The first-order valence-electron chi connectivity index (χ1n) is 9.74. The third kappa shape index (κ3) is 5.58. The van der Waals surface area contributed by atoms with Crippen molar-refractivity contribution in [2.24, 2.45) is 0 Å². The highest BCUT2D eigenvalue weighted by Crippen LogP contribution is 2.29. The normalized spacial score (nSPS) is 11.0. The van der Waals surface area contributed by atoms with Crippen LogP contribution in [-0.2, 0) is 6.61 Å². The Balaban J connectivity index is 1.68. The minimum atomic E-state index is -0.0244. The molecule has 3 rings (SSSR count). The first kappa shape index (κ1) is 20.4. The van der Waals surface area contributed by atoms with E-state index in [1.54, 1.807) is 19.3 Å². The lowest BCUT2D eigenvalue weighted by Gasteiger charge is -2.11. The van der Waals surface area contributed by atoms with Gasteiger partial charge in [0.1, 0.15) is 6.61 Å². The summed E-state index contributed by atoms with van der Waals surface area (Å²) >= 11 is 0. The smallest absolute Gasteiger partial charge is 0.185 e. The quantitative estimate of drug-likeness (QED) is 0.337. The molecule has 0 heterocycles. The number of hydrogen-bond acceptors (Lipinski definition) is 3. The van der Waals surface area contributed by atoms with Crippen LogP contribution in [0.5, 0.6) is 11.5 Å². The van der Waals surface area contributed by atoms with Gasteiger partial charge in [0.15, 0.2) is 17.3 Å². The molecular weight excluding hydrogens is 360 g/mol. The van der Waals surface area contributed by atoms with Gasteiger partial charge < -0.3 is 9.47 Å². The third-order valence-corrected chi connectivity index (χ3v) is 4.71. The highest BCUT2D eigenvalue weighted by Gasteiger charge is 2.07. The minimum Gasteiger partial charge on any atom is -0.493 e. The highest BCUT2D eigenvalue weighted by molar-refractivity contribution is 6.06. The van der Waals surface area contributed by atoms with E-state index >= 15 is 0 Å². The number of methoxy groups -OCH3 is 1. The van der Waals surface area contributed by atoms with E-state index in [9.17, 15) is 4.79 Å². The van der Waals surface area contributed by atoms with Crippen LogP contribution < -0.4 is 9.47 Å². The molecule has 29 heavy (non-hydrogen) atoms. The van der Waals surface area contributed by atoms with E-state index in [1.807, 2.05) is 72.8 Å². The van der Waals surface area contributed by atoms with Crippen LogP contribution in [0.3, 0.4) is 0 Å². The zero-order chi connectivity index (χ0) is 20.6. The van der Waals surface area contributed by atoms with Gasteiger partial charge >= 0.3 is 0 Å². The van der Waals surface area contributed by atoms with Crippen LogP contribution in [0.2, 0.25) is 0 Å². The van der Waals surface area contributed by atoms with Crippen molar-refractivity contribution in [2.45, 2.75) is 26.4 Å². The van der Waals surface area contributed by atoms with Gasteiger partial charge in [-0.2, -0.15) is 0 Å². The molecule has 0 amide bonds. The van der Waals surface area contributed by atoms with Crippen LogP contribution in [0.1, 0.15) is 46.8 Å². The largest absolute Gasteiger partial charge is 0.493 e. The van der Waals surface area contributed by atoms with Crippen LogP contribution in [0.15, 0.2) is 78.9 Å². The summed E-state index contributed by atoms with van der Waals surface area (Å²) in [6.07, 6.45) is 3.38. The summed E-state index contributed by atoms with van der Waals surface area (Å²) in [4.78, 5) is 12.4. The molecule has 0 fully saturated rings. The van der Waals surface area contributed by atoms with Crippen molar-refractivity contribution >= 4 is 11.9 Å². The molecule has 0 aromatic heterocycles. The number of ketones is 1. The lowest BCUT2D eigenvalue weighted by molar-refractivity contribution is 0.104. The van der Waals surface area contributed by atoms with Crippen molar-refractivity contribution in [2.75, 3.05) is 7.11 Å². The fraction of sp³-hybridized carbons (Fsp3) is 0.192. The molecule has 0 bridgehead atoms. The summed E-state index contributed by atoms with van der Waals surface area (Å²) in [6.45, 7) is 4.74. The van der Waals surface area contributed by atoms with Gasteiger partial charge in [0.05, 0.1) is 7.11 Å². The second kappa shape index (κ2) is 9.74. The molecule has 3 aromatic rings. The van der Waals surface area contributed by atoms with Crippen molar-refractivity contribution in [3.63, 3.8) is 0 Å². The molecular formula is C26H26O3. The summed E-state index contributed by atoms with van der Waals surface area (Å²) in [6, 6.07) is 23.4. The summed E-state index contributed by atoms with van der Waals surface area (Å²) in [5.41, 5.74) is 3.87. The van der Waals surface area contributed by atoms with Crippen molar-refractivity contribution < 1.29 is 14.3 Å². The fourth-order valence-electron chi connectivity index (χ4n) is 2.94. The zero-order valence-electron chi connectivity index (χ0n) is 17.1. The Morgan fingerprint density at radius 1 is 0.931 bits per heavy atom. The molecule has 0 unspecified atom stereocenters. The maximum Gasteiger partial charge on any atom is 0.185 e. The van der Waals surface area contributed by atoms with Gasteiger partial charge in [-0.3, -0.25) is 4.79 Å². The van der Waals surface area contributed by atoms with E-state index < -0.39 is 0 Å². The number of carbonyl (C=O) groups is 1. The Bertz CT molecular complexity index is 971. The summed E-state index contributed by atoms with van der Waals surface area (Å²) in [5.74, 6) is 1.73. The highest BCUT2D eigenvalue weighted by atomic mass is 16.5. The SMILES string of the molecule is COc1cc(/C=C/C(=O)c2ccc(C(C)C)cc2)ccc1OCc1ccccc1. The molecule has 0 aliphatic carbocycles. The summed E-state index contributed by atoms with van der Waals surface area (Å²) in [5, 5.41) is 0. The maximum absolute atomic E-state index is 12.4. The number of benzene rings is 3. The number of carbonyl (C=O) groups excluding carboxylic acids is 1. The molecule has 0 atom stereocenters. The van der Waals surface area contributed by atoms with E-state index in [1.165, 1.54) is 5.56 Å². The fourth-order valence-corrected chi connectivity index (χ4v) is 2.94. The van der Waals surface area contributed by atoms with Crippen molar-refractivity contribution in [3.8, 4) is 11.5 Å². The Morgan fingerprint density at radius 3 is 2.31 bits per heavy atom. The van der Waals surface area contributed by atoms with Crippen LogP contribution in [0, 0.1) is 0 Å². The second-order valence-corrected chi connectivity index (χ2v) is 7.16. The van der Waals surface area contributed by atoms with E-state index in [4.69, 9.17) is 9.47 Å². The van der Waals surface area contributed by atoms with Gasteiger partial charge in [0.2, 0.25) is 0 Å². The molecule has 0 aliphatic heterocycles. The van der Waals surface area contributed by atoms with Gasteiger partial charge in [0.25, 0.3) is 0 Å². The van der Waals surface area contributed by atoms with E-state index in [0.717, 1.165) is 11.1 Å². The maximum atomic E-state index is 12.4. The van der Waals surface area contributed by atoms with Gasteiger partial charge in [-0.25, -0.2) is 0 Å². The Hall–Kier alpha value is -3.33. The van der Waals surface area contributed by atoms with Crippen molar-refractivity contribution in [1.29, 1.82) is 0 Å². The molecule has 0 N–H and O–H groups in total. The molecule has 3 heteroatoms. The number of allylic oxidation sites excluding steroid dienone is 1. The molecule has 0 spiro atoms. The number of ether oxygens (including phenoxy) is 2. The average Bonchev–Trinajstić information content (AvgIpc) is 2.77. The predicted octanol–water partition coefficient (Wildman–Crippen LogP) is 6.29. The zero-order valence-corrected chi connectivity index (χ0v) is 17.1. The van der Waals surface area contributed by atoms with E-state index in [0.29, 0.717) is 29.6 Å². The van der Waals surface area contributed by atoms with E-state index in [-0.39, 0.29) is 5.78 Å². The van der Waals surface area contributed by atoms with Gasteiger partial charge in [-0.15, -0.1) is 0 Å². The molecule has 0 saturated carbocycles. The Labute approximate surface area is 172 Å². The minimum absolute atomic E-state index is 0.0244. The van der Waals surface area contributed by atoms with Crippen LogP contribution in [0.4, 0.5) is 0 Å². The monoisotopic (exact) mass is 386 g/mol. The van der Waals surface area contributed by atoms with Crippen LogP contribution in [-0.4, -0.2) is 12.9 Å². The summed E-state index contributed by atoms with van der Waals surface area (Å²) < 4.78 is 11.3. The second-order valence-electron chi connectivity index (χ2n) is 7.16. The van der Waals surface area contributed by atoms with Gasteiger partial charge in [-0.1, -0.05) is 80.6 Å². The molecule has 0 aliphatic rings.